The Hall–Kier alpha value is -0.380. The van der Waals surface area contributed by atoms with Gasteiger partial charge in [0.15, 0.2) is 0 Å². The Morgan fingerprint density at radius 3 is 2.83 bits per heavy atom. The highest BCUT2D eigenvalue weighted by atomic mass is 16.7. The number of hydrazine groups is 1. The van der Waals surface area contributed by atoms with Gasteiger partial charge >= 0.3 is 0 Å². The highest BCUT2D eigenvalue weighted by Crippen LogP contribution is 1.59. The fourth-order valence-electron chi connectivity index (χ4n) is 0.107. The SMILES string of the molecule is C=CCONN. The van der Waals surface area contributed by atoms with Crippen molar-refractivity contribution in [3.05, 3.63) is 12.7 Å². The molecule has 0 aliphatic carbocycles. The van der Waals surface area contributed by atoms with Gasteiger partial charge in [-0.2, -0.15) is 0 Å². The van der Waals surface area contributed by atoms with Gasteiger partial charge in [0.25, 0.3) is 0 Å². The smallest absolute Gasteiger partial charge is 0.0877 e. The normalized spacial score (nSPS) is 8.17. The zero-order valence-corrected chi connectivity index (χ0v) is 3.48. The average molecular weight is 88.1 g/mol. The predicted molar refractivity (Wildman–Crippen MR) is 23.5 cm³/mol. The lowest BCUT2D eigenvalue weighted by atomic mass is 10.7. The molecule has 36 valence electrons. The standard InChI is InChI=1S/C3H8N2O/c1-2-3-6-5-4/h2,5H,1,3-4H2. The number of nitrogens with two attached hydrogens (primary N) is 1. The highest BCUT2D eigenvalue weighted by Gasteiger charge is 1.66. The van der Waals surface area contributed by atoms with E-state index in [2.05, 4.69) is 11.4 Å². The molecule has 0 atom stereocenters. The first kappa shape index (κ1) is 5.62. The lowest BCUT2D eigenvalue weighted by Gasteiger charge is -1.90. The van der Waals surface area contributed by atoms with Crippen LogP contribution in [0.5, 0.6) is 0 Å². The Morgan fingerprint density at radius 1 is 2.00 bits per heavy atom. The van der Waals surface area contributed by atoms with E-state index in [1.165, 1.54) is 0 Å². The predicted octanol–water partition coefficient (Wildman–Crippen LogP) is -0.433. The van der Waals surface area contributed by atoms with Crippen molar-refractivity contribution >= 4 is 0 Å². The average Bonchev–Trinajstić information content (AvgIpc) is 1.61. The summed E-state index contributed by atoms with van der Waals surface area (Å²) in [5.41, 5.74) is 2.00. The molecule has 0 saturated carbocycles. The van der Waals surface area contributed by atoms with E-state index in [9.17, 15) is 0 Å². The lowest BCUT2D eigenvalue weighted by molar-refractivity contribution is 0.0630. The van der Waals surface area contributed by atoms with Crippen molar-refractivity contribution < 1.29 is 4.84 Å². The molecule has 0 aliphatic heterocycles. The first-order valence-electron chi connectivity index (χ1n) is 1.60. The summed E-state index contributed by atoms with van der Waals surface area (Å²) in [5.74, 6) is 4.69. The number of hydrogen-bond donors (Lipinski definition) is 2. The lowest BCUT2D eigenvalue weighted by Crippen LogP contribution is -2.21. The van der Waals surface area contributed by atoms with Gasteiger partial charge in [0.1, 0.15) is 0 Å². The van der Waals surface area contributed by atoms with Gasteiger partial charge in [-0.1, -0.05) is 6.08 Å². The molecule has 6 heavy (non-hydrogen) atoms. The molecule has 0 spiro atoms. The van der Waals surface area contributed by atoms with E-state index in [1.807, 2.05) is 5.59 Å². The molecular weight excluding hydrogens is 80.0 g/mol. The first-order valence-corrected chi connectivity index (χ1v) is 1.60. The maximum absolute atomic E-state index is 4.69. The third kappa shape index (κ3) is 3.62. The van der Waals surface area contributed by atoms with E-state index < -0.39 is 0 Å². The Balaban J connectivity index is 2.49. The van der Waals surface area contributed by atoms with E-state index in [0.29, 0.717) is 6.61 Å². The number of nitrogens with one attached hydrogen (secondary N) is 1. The van der Waals surface area contributed by atoms with Crippen LogP contribution in [0.4, 0.5) is 0 Å². The van der Waals surface area contributed by atoms with Crippen molar-refractivity contribution in [1.82, 2.24) is 5.59 Å². The van der Waals surface area contributed by atoms with Gasteiger partial charge in [-0.3, -0.25) is 4.84 Å². The van der Waals surface area contributed by atoms with E-state index in [-0.39, 0.29) is 0 Å². The van der Waals surface area contributed by atoms with Gasteiger partial charge < -0.3 is 0 Å². The minimum absolute atomic E-state index is 0.441. The largest absolute Gasteiger partial charge is 0.283 e. The quantitative estimate of drug-likeness (QED) is 0.213. The Kier molecular flexibility index (Phi) is 4.33. The van der Waals surface area contributed by atoms with Gasteiger partial charge in [0, 0.05) is 0 Å². The molecular formula is C3H8N2O. The van der Waals surface area contributed by atoms with Crippen LogP contribution in [0.15, 0.2) is 12.7 Å². The molecule has 3 nitrogen and oxygen atoms in total. The van der Waals surface area contributed by atoms with E-state index >= 15 is 0 Å². The Bertz CT molecular complexity index is 37.8. The molecule has 0 aromatic rings. The highest BCUT2D eigenvalue weighted by molar-refractivity contribution is 4.62. The second kappa shape index (κ2) is 4.62. The summed E-state index contributed by atoms with van der Waals surface area (Å²) in [6.07, 6.45) is 1.60. The fourth-order valence-corrected chi connectivity index (χ4v) is 0.107. The molecule has 0 aromatic heterocycles. The zero-order chi connectivity index (χ0) is 4.83. The molecule has 0 heterocycles. The van der Waals surface area contributed by atoms with Crippen molar-refractivity contribution in [2.75, 3.05) is 6.61 Å². The molecule has 3 heteroatoms. The third-order valence-corrected chi connectivity index (χ3v) is 0.285. The third-order valence-electron chi connectivity index (χ3n) is 0.285. The van der Waals surface area contributed by atoms with E-state index in [0.717, 1.165) is 0 Å². The van der Waals surface area contributed by atoms with Crippen LogP contribution in [-0.2, 0) is 4.84 Å². The van der Waals surface area contributed by atoms with Crippen molar-refractivity contribution in [2.45, 2.75) is 0 Å². The monoisotopic (exact) mass is 88.1 g/mol. The van der Waals surface area contributed by atoms with Gasteiger partial charge in [0.2, 0.25) is 0 Å². The Morgan fingerprint density at radius 2 is 2.67 bits per heavy atom. The number of hydrogen-bond acceptors (Lipinski definition) is 3. The second-order valence-electron chi connectivity index (χ2n) is 0.718. The van der Waals surface area contributed by atoms with Crippen molar-refractivity contribution in [3.8, 4) is 0 Å². The van der Waals surface area contributed by atoms with Crippen molar-refractivity contribution in [1.29, 1.82) is 0 Å². The van der Waals surface area contributed by atoms with Crippen LogP contribution < -0.4 is 11.4 Å². The molecule has 0 fully saturated rings. The van der Waals surface area contributed by atoms with Crippen LogP contribution in [0.2, 0.25) is 0 Å². The van der Waals surface area contributed by atoms with E-state index in [1.54, 1.807) is 6.08 Å². The van der Waals surface area contributed by atoms with Crippen LogP contribution in [0.25, 0.3) is 0 Å². The molecule has 0 saturated heterocycles. The second-order valence-corrected chi connectivity index (χ2v) is 0.718. The van der Waals surface area contributed by atoms with Crippen LogP contribution in [0.3, 0.4) is 0 Å². The molecule has 0 rings (SSSR count). The summed E-state index contributed by atoms with van der Waals surface area (Å²) >= 11 is 0. The minimum Gasteiger partial charge on any atom is -0.283 e. The summed E-state index contributed by atoms with van der Waals surface area (Å²) in [5, 5.41) is 0. The molecule has 0 unspecified atom stereocenters. The maximum Gasteiger partial charge on any atom is 0.0877 e. The minimum atomic E-state index is 0.441. The van der Waals surface area contributed by atoms with Crippen LogP contribution in [0.1, 0.15) is 0 Å². The molecule has 0 radical (unpaired) electrons. The van der Waals surface area contributed by atoms with E-state index in [4.69, 9.17) is 5.84 Å². The summed E-state index contributed by atoms with van der Waals surface area (Å²) in [6, 6.07) is 0. The molecule has 0 bridgehead atoms. The maximum atomic E-state index is 4.69. The zero-order valence-electron chi connectivity index (χ0n) is 3.48. The topological polar surface area (TPSA) is 47.3 Å². The summed E-state index contributed by atoms with van der Waals surface area (Å²) in [6.45, 7) is 3.82. The van der Waals surface area contributed by atoms with Gasteiger partial charge in [-0.15, -0.1) is 12.2 Å². The summed E-state index contributed by atoms with van der Waals surface area (Å²) in [7, 11) is 0. The summed E-state index contributed by atoms with van der Waals surface area (Å²) in [4.78, 5) is 4.39. The van der Waals surface area contributed by atoms with Crippen LogP contribution >= 0.6 is 0 Å². The van der Waals surface area contributed by atoms with Crippen molar-refractivity contribution in [3.63, 3.8) is 0 Å². The number of rotatable bonds is 3. The summed E-state index contributed by atoms with van der Waals surface area (Å²) < 4.78 is 0. The van der Waals surface area contributed by atoms with Gasteiger partial charge in [0.05, 0.1) is 6.61 Å². The molecule has 3 N–H and O–H groups in total. The fraction of sp³-hybridized carbons (Fsp3) is 0.333. The molecule has 0 aromatic carbocycles. The molecule has 0 amide bonds. The first-order chi connectivity index (χ1) is 2.91. The van der Waals surface area contributed by atoms with Crippen LogP contribution in [-0.4, -0.2) is 6.61 Å². The van der Waals surface area contributed by atoms with Crippen molar-refractivity contribution in [2.24, 2.45) is 5.84 Å². The van der Waals surface area contributed by atoms with Gasteiger partial charge in [-0.25, -0.2) is 5.84 Å². The van der Waals surface area contributed by atoms with Crippen LogP contribution in [0, 0.1) is 0 Å². The van der Waals surface area contributed by atoms with Gasteiger partial charge in [-0.05, 0) is 0 Å². The molecule has 0 aliphatic rings. The Labute approximate surface area is 36.7 Å².